The zero-order valence-corrected chi connectivity index (χ0v) is 18.8. The Kier molecular flexibility index (Phi) is 8.26. The quantitative estimate of drug-likeness (QED) is 0.555. The number of urea groups is 1. The number of aromatic nitrogens is 1. The van der Waals surface area contributed by atoms with Crippen molar-refractivity contribution in [3.05, 3.63) is 53.2 Å². The lowest BCUT2D eigenvalue weighted by molar-refractivity contribution is 0.102. The van der Waals surface area contributed by atoms with Crippen molar-refractivity contribution < 1.29 is 9.59 Å². The number of benzene rings is 1. The Morgan fingerprint density at radius 3 is 2.58 bits per heavy atom. The van der Waals surface area contributed by atoms with Crippen molar-refractivity contribution in [3.63, 3.8) is 0 Å². The van der Waals surface area contributed by atoms with Gasteiger partial charge in [-0.2, -0.15) is 0 Å². The molecule has 1 atom stereocenters. The van der Waals surface area contributed by atoms with E-state index in [2.05, 4.69) is 39.7 Å². The first-order valence-electron chi connectivity index (χ1n) is 10.7. The average molecular weight is 444 g/mol. The van der Waals surface area contributed by atoms with Crippen molar-refractivity contribution in [2.45, 2.75) is 39.2 Å². The number of nitrogens with one attached hydrogen (secondary N) is 3. The van der Waals surface area contributed by atoms with E-state index in [-0.39, 0.29) is 18.0 Å². The molecule has 8 heteroatoms. The lowest BCUT2D eigenvalue weighted by Gasteiger charge is -2.26. The first-order chi connectivity index (χ1) is 14.9. The summed E-state index contributed by atoms with van der Waals surface area (Å²) in [6, 6.07) is 9.92. The monoisotopic (exact) mass is 443 g/mol. The number of halogens is 1. The summed E-state index contributed by atoms with van der Waals surface area (Å²) in [6.45, 7) is 7.37. The van der Waals surface area contributed by atoms with Gasteiger partial charge in [0.05, 0.1) is 5.02 Å². The van der Waals surface area contributed by atoms with E-state index >= 15 is 0 Å². The maximum Gasteiger partial charge on any atom is 0.319 e. The number of carbonyl (C=O) groups is 2. The van der Waals surface area contributed by atoms with Gasteiger partial charge < -0.3 is 20.9 Å². The molecular formula is C23H30ClN5O2. The molecule has 3 rings (SSSR count). The third kappa shape index (κ3) is 7.52. The highest BCUT2D eigenvalue weighted by molar-refractivity contribution is 6.30. The zero-order chi connectivity index (χ0) is 22.2. The van der Waals surface area contributed by atoms with Gasteiger partial charge in [0.15, 0.2) is 0 Å². The molecule has 0 saturated carbocycles. The van der Waals surface area contributed by atoms with Gasteiger partial charge in [0, 0.05) is 30.0 Å². The second-order valence-electron chi connectivity index (χ2n) is 8.33. The van der Waals surface area contributed by atoms with Crippen molar-refractivity contribution in [3.8, 4) is 0 Å². The zero-order valence-electron chi connectivity index (χ0n) is 18.0. The minimum Gasteiger partial charge on any atom is -0.334 e. The number of rotatable bonds is 8. The molecule has 3 N–H and O–H groups in total. The second kappa shape index (κ2) is 11.1. The van der Waals surface area contributed by atoms with Crippen molar-refractivity contribution >= 4 is 35.0 Å². The van der Waals surface area contributed by atoms with Crippen molar-refractivity contribution in [2.75, 3.05) is 30.3 Å². The summed E-state index contributed by atoms with van der Waals surface area (Å²) < 4.78 is 0. The predicted octanol–water partition coefficient (Wildman–Crippen LogP) is 4.62. The number of likely N-dealkylation sites (tertiary alicyclic amines) is 1. The molecule has 1 aromatic carbocycles. The minimum absolute atomic E-state index is 0.0839. The molecule has 0 radical (unpaired) electrons. The molecule has 0 unspecified atom stereocenters. The third-order valence-electron chi connectivity index (χ3n) is 5.12. The summed E-state index contributed by atoms with van der Waals surface area (Å²) in [7, 11) is 0. The largest absolute Gasteiger partial charge is 0.334 e. The lowest BCUT2D eigenvalue weighted by atomic mass is 10.0. The minimum atomic E-state index is -0.314. The molecule has 1 fully saturated rings. The normalized spacial score (nSPS) is 15.0. The maximum atomic E-state index is 12.6. The van der Waals surface area contributed by atoms with Crippen LogP contribution in [0.15, 0.2) is 42.6 Å². The number of amides is 3. The third-order valence-corrected chi connectivity index (χ3v) is 5.34. The van der Waals surface area contributed by atoms with Gasteiger partial charge >= 0.3 is 6.03 Å². The van der Waals surface area contributed by atoms with Gasteiger partial charge in [-0.15, -0.1) is 0 Å². The number of carbonyl (C=O) groups excluding carboxylic acids is 2. The Labute approximate surface area is 188 Å². The van der Waals surface area contributed by atoms with Crippen LogP contribution in [0.3, 0.4) is 0 Å². The van der Waals surface area contributed by atoms with E-state index in [9.17, 15) is 9.59 Å². The van der Waals surface area contributed by atoms with E-state index in [1.165, 1.54) is 19.0 Å². The fourth-order valence-corrected chi connectivity index (χ4v) is 3.87. The van der Waals surface area contributed by atoms with Crippen LogP contribution in [0.2, 0.25) is 5.02 Å². The van der Waals surface area contributed by atoms with Crippen LogP contribution in [-0.2, 0) is 0 Å². The molecule has 1 saturated heterocycles. The summed E-state index contributed by atoms with van der Waals surface area (Å²) in [6.07, 6.45) is 4.83. The standard InChI is InChI=1S/C23H30ClN5O2/c1-16(2)12-20(15-29-10-3-4-11-29)27-23(31)26-19-7-5-6-17(13-19)22(30)28-21-9-8-18(24)14-25-21/h5-9,13-14,16,20H,3-4,10-12,15H2,1-2H3,(H,25,28,30)(H2,26,27,31)/t20-/m0/s1. The fraction of sp³-hybridized carbons (Fsp3) is 0.435. The molecule has 2 aromatic rings. The van der Waals surface area contributed by atoms with E-state index in [1.54, 1.807) is 36.4 Å². The second-order valence-corrected chi connectivity index (χ2v) is 8.77. The van der Waals surface area contributed by atoms with Gasteiger partial charge in [-0.05, 0) is 68.6 Å². The Hall–Kier alpha value is -2.64. The Morgan fingerprint density at radius 2 is 1.90 bits per heavy atom. The maximum absolute atomic E-state index is 12.6. The highest BCUT2D eigenvalue weighted by Gasteiger charge is 2.20. The van der Waals surface area contributed by atoms with E-state index in [4.69, 9.17) is 11.6 Å². The van der Waals surface area contributed by atoms with Crippen LogP contribution in [-0.4, -0.2) is 47.5 Å². The molecule has 31 heavy (non-hydrogen) atoms. The van der Waals surface area contributed by atoms with Crippen LogP contribution in [0.5, 0.6) is 0 Å². The van der Waals surface area contributed by atoms with Crippen molar-refractivity contribution in [1.82, 2.24) is 15.2 Å². The van der Waals surface area contributed by atoms with Crippen molar-refractivity contribution in [1.29, 1.82) is 0 Å². The van der Waals surface area contributed by atoms with E-state index in [1.807, 2.05) is 0 Å². The van der Waals surface area contributed by atoms with Gasteiger partial charge in [0.25, 0.3) is 5.91 Å². The first-order valence-corrected chi connectivity index (χ1v) is 11.1. The van der Waals surface area contributed by atoms with Crippen molar-refractivity contribution in [2.24, 2.45) is 5.92 Å². The van der Waals surface area contributed by atoms with Crippen LogP contribution < -0.4 is 16.0 Å². The highest BCUT2D eigenvalue weighted by Crippen LogP contribution is 2.15. The molecule has 1 aromatic heterocycles. The number of nitrogens with zero attached hydrogens (tertiary/aromatic N) is 2. The van der Waals surface area contributed by atoms with Crippen LogP contribution >= 0.6 is 11.6 Å². The number of hydrogen-bond donors (Lipinski definition) is 3. The topological polar surface area (TPSA) is 86.4 Å². The molecule has 166 valence electrons. The number of hydrogen-bond acceptors (Lipinski definition) is 4. The molecule has 0 spiro atoms. The average Bonchev–Trinajstić information content (AvgIpc) is 3.22. The molecule has 7 nitrogen and oxygen atoms in total. The van der Waals surface area contributed by atoms with Crippen LogP contribution in [0.1, 0.15) is 43.5 Å². The molecule has 3 amide bonds. The Morgan fingerprint density at radius 1 is 1.13 bits per heavy atom. The first kappa shape index (κ1) is 23.0. The van der Waals surface area contributed by atoms with Crippen LogP contribution in [0.4, 0.5) is 16.3 Å². The van der Waals surface area contributed by atoms with Gasteiger partial charge in [0.2, 0.25) is 0 Å². The highest BCUT2D eigenvalue weighted by atomic mass is 35.5. The van der Waals surface area contributed by atoms with Crippen LogP contribution in [0.25, 0.3) is 0 Å². The van der Waals surface area contributed by atoms with E-state index < -0.39 is 0 Å². The van der Waals surface area contributed by atoms with Gasteiger partial charge in [-0.1, -0.05) is 31.5 Å². The summed E-state index contributed by atoms with van der Waals surface area (Å²) in [5.74, 6) is 0.580. The lowest BCUT2D eigenvalue weighted by Crippen LogP contribution is -2.45. The molecule has 0 aliphatic carbocycles. The molecule has 2 heterocycles. The number of pyridine rings is 1. The molecule has 1 aliphatic rings. The fourth-order valence-electron chi connectivity index (χ4n) is 3.75. The van der Waals surface area contributed by atoms with E-state index in [0.29, 0.717) is 28.0 Å². The molecule has 1 aliphatic heterocycles. The van der Waals surface area contributed by atoms with Gasteiger partial charge in [-0.25, -0.2) is 9.78 Å². The predicted molar refractivity (Wildman–Crippen MR) is 125 cm³/mol. The Balaban J connectivity index is 1.58. The summed E-state index contributed by atoms with van der Waals surface area (Å²) in [4.78, 5) is 31.6. The van der Waals surface area contributed by atoms with Gasteiger partial charge in [-0.3, -0.25) is 4.79 Å². The van der Waals surface area contributed by atoms with Crippen LogP contribution in [0, 0.1) is 5.92 Å². The molecular weight excluding hydrogens is 414 g/mol. The summed E-state index contributed by atoms with van der Waals surface area (Å²) in [5.41, 5.74) is 0.976. The van der Waals surface area contributed by atoms with Gasteiger partial charge in [0.1, 0.15) is 5.82 Å². The summed E-state index contributed by atoms with van der Waals surface area (Å²) in [5, 5.41) is 9.17. The summed E-state index contributed by atoms with van der Waals surface area (Å²) >= 11 is 5.82. The number of anilines is 2. The van der Waals surface area contributed by atoms with E-state index in [0.717, 1.165) is 26.1 Å². The SMILES string of the molecule is CC(C)C[C@@H](CN1CCCC1)NC(=O)Nc1cccc(C(=O)Nc2ccc(Cl)cn2)c1. The smallest absolute Gasteiger partial charge is 0.319 e. The Bertz CT molecular complexity index is 882. The molecule has 0 bridgehead atoms.